The molecule has 184 valence electrons. The van der Waals surface area contributed by atoms with Gasteiger partial charge in [0, 0.05) is 47.5 Å². The smallest absolute Gasteiger partial charge is 0.278 e. The van der Waals surface area contributed by atoms with Crippen LogP contribution in [0.1, 0.15) is 46.1 Å². The van der Waals surface area contributed by atoms with Crippen LogP contribution in [0.15, 0.2) is 70.5 Å². The highest BCUT2D eigenvalue weighted by Crippen LogP contribution is 2.51. The first kappa shape index (κ1) is 22.3. The van der Waals surface area contributed by atoms with Crippen LogP contribution in [0.2, 0.25) is 0 Å². The Kier molecular flexibility index (Phi) is 5.16. The van der Waals surface area contributed by atoms with Gasteiger partial charge < -0.3 is 14.7 Å². The SMILES string of the molecule is O=C1c2c(O)c(=O)ccn2N([C@H]2c3ccccc3CSc3ccccc32)CN1C1CC2(C1)OCCS2. The second kappa shape index (κ2) is 8.33. The third-order valence-electron chi connectivity index (χ3n) is 7.68. The van der Waals surface area contributed by atoms with Crippen LogP contribution >= 0.6 is 23.5 Å². The maximum atomic E-state index is 13.7. The van der Waals surface area contributed by atoms with Crippen molar-refractivity contribution < 1.29 is 14.6 Å². The van der Waals surface area contributed by atoms with Gasteiger partial charge in [0.15, 0.2) is 11.4 Å². The number of rotatable bonds is 2. The van der Waals surface area contributed by atoms with E-state index in [0.29, 0.717) is 6.67 Å². The van der Waals surface area contributed by atoms with Gasteiger partial charge in [0.1, 0.15) is 11.6 Å². The summed E-state index contributed by atoms with van der Waals surface area (Å²) in [6.07, 6.45) is 3.12. The van der Waals surface area contributed by atoms with Gasteiger partial charge in [-0.1, -0.05) is 42.5 Å². The number of benzene rings is 2. The summed E-state index contributed by atoms with van der Waals surface area (Å²) in [5.74, 6) is 1.01. The molecule has 0 radical (unpaired) electrons. The molecule has 1 N–H and O–H groups in total. The Balaban J connectivity index is 1.38. The minimum absolute atomic E-state index is 0.0142. The monoisotopic (exact) mass is 519 g/mol. The molecule has 3 aliphatic heterocycles. The lowest BCUT2D eigenvalue weighted by atomic mass is 9.86. The number of aromatic hydroxyl groups is 1. The van der Waals surface area contributed by atoms with Crippen molar-refractivity contribution in [2.45, 2.75) is 40.5 Å². The third-order valence-corrected chi connectivity index (χ3v) is 10.2. The van der Waals surface area contributed by atoms with Crippen molar-refractivity contribution in [3.8, 4) is 5.75 Å². The molecule has 36 heavy (non-hydrogen) atoms. The molecule has 1 aromatic heterocycles. The number of ether oxygens (including phenoxy) is 1. The molecule has 4 aliphatic rings. The minimum atomic E-state index is -0.548. The van der Waals surface area contributed by atoms with Crippen LogP contribution in [-0.2, 0) is 10.5 Å². The molecule has 4 heterocycles. The van der Waals surface area contributed by atoms with Crippen LogP contribution in [0.3, 0.4) is 0 Å². The van der Waals surface area contributed by atoms with Crippen LogP contribution in [0.5, 0.6) is 5.75 Å². The highest BCUT2D eigenvalue weighted by atomic mass is 32.2. The average molecular weight is 520 g/mol. The van der Waals surface area contributed by atoms with E-state index in [9.17, 15) is 14.7 Å². The molecule has 0 bridgehead atoms. The summed E-state index contributed by atoms with van der Waals surface area (Å²) in [5.41, 5.74) is 3.02. The molecular weight excluding hydrogens is 494 g/mol. The summed E-state index contributed by atoms with van der Waals surface area (Å²) in [6, 6.07) is 17.9. The zero-order valence-electron chi connectivity index (χ0n) is 19.5. The van der Waals surface area contributed by atoms with Gasteiger partial charge in [0.05, 0.1) is 12.6 Å². The van der Waals surface area contributed by atoms with Crippen molar-refractivity contribution in [1.29, 1.82) is 0 Å². The Bertz CT molecular complexity index is 1380. The minimum Gasteiger partial charge on any atom is -0.502 e. The number of hydrogen-bond donors (Lipinski definition) is 1. The summed E-state index contributed by atoms with van der Waals surface area (Å²) in [7, 11) is 0. The number of fused-ring (bicyclic) bond motifs is 3. The number of carbonyl (C=O) groups excluding carboxylic acids is 1. The first-order chi connectivity index (χ1) is 17.5. The van der Waals surface area contributed by atoms with Crippen LogP contribution in [0, 0.1) is 0 Å². The summed E-state index contributed by atoms with van der Waals surface area (Å²) in [4.78, 5) is 29.0. The largest absolute Gasteiger partial charge is 0.502 e. The molecule has 1 aliphatic carbocycles. The second-order valence-electron chi connectivity index (χ2n) is 9.68. The van der Waals surface area contributed by atoms with Crippen LogP contribution in [0.25, 0.3) is 0 Å². The van der Waals surface area contributed by atoms with Crippen LogP contribution in [-0.4, -0.2) is 50.6 Å². The Morgan fingerprint density at radius 2 is 1.78 bits per heavy atom. The lowest BCUT2D eigenvalue weighted by Gasteiger charge is -2.52. The van der Waals surface area contributed by atoms with E-state index in [1.54, 1.807) is 10.9 Å². The van der Waals surface area contributed by atoms with Crippen molar-refractivity contribution in [2.75, 3.05) is 24.0 Å². The summed E-state index contributed by atoms with van der Waals surface area (Å²) < 4.78 is 7.70. The van der Waals surface area contributed by atoms with E-state index >= 15 is 0 Å². The molecule has 1 spiro atoms. The van der Waals surface area contributed by atoms with Crippen LogP contribution in [0.4, 0.5) is 0 Å². The van der Waals surface area contributed by atoms with Gasteiger partial charge in [-0.2, -0.15) is 0 Å². The molecule has 1 amide bonds. The third kappa shape index (κ3) is 3.33. The maximum Gasteiger partial charge on any atom is 0.278 e. The number of hydrogen-bond acceptors (Lipinski definition) is 7. The fraction of sp³-hybridized carbons (Fsp3) is 0.333. The zero-order chi connectivity index (χ0) is 24.4. The molecule has 1 atom stereocenters. The summed E-state index contributed by atoms with van der Waals surface area (Å²) in [6.45, 7) is 1.08. The topological polar surface area (TPSA) is 75.0 Å². The zero-order valence-corrected chi connectivity index (χ0v) is 21.1. The number of carbonyl (C=O) groups is 1. The molecule has 7 nitrogen and oxygen atoms in total. The summed E-state index contributed by atoms with van der Waals surface area (Å²) >= 11 is 3.63. The van der Waals surface area contributed by atoms with Crippen molar-refractivity contribution in [2.24, 2.45) is 0 Å². The van der Waals surface area contributed by atoms with E-state index in [1.165, 1.54) is 16.5 Å². The van der Waals surface area contributed by atoms with E-state index in [1.807, 2.05) is 40.6 Å². The predicted molar refractivity (Wildman–Crippen MR) is 140 cm³/mol. The van der Waals surface area contributed by atoms with Gasteiger partial charge >= 0.3 is 0 Å². The van der Waals surface area contributed by atoms with Gasteiger partial charge in [-0.15, -0.1) is 23.5 Å². The van der Waals surface area contributed by atoms with E-state index in [-0.39, 0.29) is 28.6 Å². The number of nitrogens with zero attached hydrogens (tertiary/aromatic N) is 3. The number of aromatic nitrogens is 1. The lowest BCUT2D eigenvalue weighted by molar-refractivity contribution is -0.0564. The van der Waals surface area contributed by atoms with Crippen molar-refractivity contribution in [3.63, 3.8) is 0 Å². The summed E-state index contributed by atoms with van der Waals surface area (Å²) in [5, 5.41) is 12.9. The van der Waals surface area contributed by atoms with Gasteiger partial charge in [-0.3, -0.25) is 19.3 Å². The Morgan fingerprint density at radius 3 is 2.58 bits per heavy atom. The fourth-order valence-electron chi connectivity index (χ4n) is 5.87. The molecule has 2 aromatic carbocycles. The van der Waals surface area contributed by atoms with E-state index < -0.39 is 11.2 Å². The highest BCUT2D eigenvalue weighted by molar-refractivity contribution is 8.00. The van der Waals surface area contributed by atoms with E-state index in [0.717, 1.165) is 42.1 Å². The molecule has 7 rings (SSSR count). The molecular formula is C27H25N3O4S2. The molecule has 1 saturated heterocycles. The van der Waals surface area contributed by atoms with Gasteiger partial charge in [-0.25, -0.2) is 0 Å². The second-order valence-corrected chi connectivity index (χ2v) is 12.1. The fourth-order valence-corrected chi connectivity index (χ4v) is 8.29. The molecule has 2 fully saturated rings. The normalized spacial score (nSPS) is 26.7. The first-order valence-electron chi connectivity index (χ1n) is 12.1. The van der Waals surface area contributed by atoms with Crippen LogP contribution < -0.4 is 10.4 Å². The Labute approximate surface area is 217 Å². The molecule has 9 heteroatoms. The van der Waals surface area contributed by atoms with Crippen molar-refractivity contribution >= 4 is 29.4 Å². The number of pyridine rings is 1. The predicted octanol–water partition coefficient (Wildman–Crippen LogP) is 3.92. The Morgan fingerprint density at radius 1 is 1.00 bits per heavy atom. The van der Waals surface area contributed by atoms with Gasteiger partial charge in [-0.05, 0) is 22.8 Å². The highest BCUT2D eigenvalue weighted by Gasteiger charge is 2.53. The number of amides is 1. The maximum absolute atomic E-state index is 13.7. The molecule has 0 unspecified atom stereocenters. The van der Waals surface area contributed by atoms with Gasteiger partial charge in [0.25, 0.3) is 5.91 Å². The standard InChI is InChI=1S/C27H25N3O4S2/c31-21-9-10-29-24(25(21)32)26(33)28(18-13-27(14-18)34-11-12-36-27)16-30(29)23-19-6-2-1-5-17(19)15-35-22-8-4-3-7-20(22)23/h1-10,18,23,32H,11-16H2/t18?,23-,27?/m0/s1. The lowest BCUT2D eigenvalue weighted by Crippen LogP contribution is -2.63. The first-order valence-corrected chi connectivity index (χ1v) is 14.1. The number of thioether (sulfide) groups is 2. The van der Waals surface area contributed by atoms with E-state index in [2.05, 4.69) is 41.4 Å². The van der Waals surface area contributed by atoms with E-state index in [4.69, 9.17) is 4.74 Å². The van der Waals surface area contributed by atoms with Crippen molar-refractivity contribution in [3.05, 3.63) is 93.4 Å². The quantitative estimate of drug-likeness (QED) is 0.550. The molecule has 3 aromatic rings. The van der Waals surface area contributed by atoms with Crippen molar-refractivity contribution in [1.82, 2.24) is 9.58 Å². The molecule has 1 saturated carbocycles. The Hall–Kier alpha value is -2.88. The average Bonchev–Trinajstić information content (AvgIpc) is 3.31. The van der Waals surface area contributed by atoms with Gasteiger partial charge in [0.2, 0.25) is 5.43 Å².